The van der Waals surface area contributed by atoms with Gasteiger partial charge in [0.15, 0.2) is 0 Å². The molecule has 0 aliphatic carbocycles. The molecule has 0 saturated carbocycles. The Kier molecular flexibility index (Phi) is 4.80. The Morgan fingerprint density at radius 3 is 2.52 bits per heavy atom. The summed E-state index contributed by atoms with van der Waals surface area (Å²) in [6.45, 7) is 1.98. The first-order valence-corrected chi connectivity index (χ1v) is 7.68. The smallest absolute Gasteiger partial charge is 0.116 e. The molecule has 1 aromatic carbocycles. The highest BCUT2D eigenvalue weighted by molar-refractivity contribution is 8.03. The lowest BCUT2D eigenvalue weighted by molar-refractivity contribution is 0.840. The number of thioether (sulfide) groups is 1. The molecule has 0 saturated heterocycles. The van der Waals surface area contributed by atoms with Gasteiger partial charge in [-0.05, 0) is 17.4 Å². The first-order valence-electron chi connectivity index (χ1n) is 6.32. The molecular formula is C15H13ClN4S. The summed E-state index contributed by atoms with van der Waals surface area (Å²) in [6, 6.07) is 11.5. The van der Waals surface area contributed by atoms with E-state index in [0.717, 1.165) is 5.75 Å². The Bertz CT molecular complexity index is 709. The summed E-state index contributed by atoms with van der Waals surface area (Å²) in [7, 11) is 0. The van der Waals surface area contributed by atoms with E-state index in [2.05, 4.69) is 17.5 Å². The molecule has 1 atom stereocenters. The Labute approximate surface area is 132 Å². The average Bonchev–Trinajstić information content (AvgIpc) is 2.47. The molecule has 0 bridgehead atoms. The molecule has 4 nitrogen and oxygen atoms in total. The van der Waals surface area contributed by atoms with E-state index in [1.54, 1.807) is 6.07 Å². The molecule has 1 aliphatic heterocycles. The number of benzene rings is 1. The van der Waals surface area contributed by atoms with Crippen molar-refractivity contribution in [2.45, 2.75) is 12.8 Å². The predicted molar refractivity (Wildman–Crippen MR) is 84.9 cm³/mol. The van der Waals surface area contributed by atoms with Gasteiger partial charge in [-0.2, -0.15) is 10.5 Å². The van der Waals surface area contributed by atoms with Crippen LogP contribution in [0.25, 0.3) is 0 Å². The maximum Gasteiger partial charge on any atom is 0.116 e. The highest BCUT2D eigenvalue weighted by Gasteiger charge is 2.32. The molecule has 1 heterocycles. The molecule has 106 valence electrons. The molecule has 21 heavy (non-hydrogen) atoms. The van der Waals surface area contributed by atoms with Crippen molar-refractivity contribution < 1.29 is 0 Å². The predicted octanol–water partition coefficient (Wildman–Crippen LogP) is 3.21. The fourth-order valence-electron chi connectivity index (χ4n) is 2.21. The number of rotatable bonds is 3. The molecule has 0 aromatic heterocycles. The molecule has 0 spiro atoms. The van der Waals surface area contributed by atoms with Gasteiger partial charge >= 0.3 is 0 Å². The summed E-state index contributed by atoms with van der Waals surface area (Å²) in [5.41, 5.74) is 7.46. The number of dihydropyridines is 1. The van der Waals surface area contributed by atoms with Gasteiger partial charge in [-0.1, -0.05) is 36.7 Å². The van der Waals surface area contributed by atoms with Crippen LogP contribution in [-0.4, -0.2) is 5.75 Å². The molecule has 0 radical (unpaired) electrons. The quantitative estimate of drug-likeness (QED) is 0.894. The van der Waals surface area contributed by atoms with Crippen molar-refractivity contribution in [3.05, 3.63) is 56.8 Å². The zero-order valence-corrected chi connectivity index (χ0v) is 12.9. The summed E-state index contributed by atoms with van der Waals surface area (Å²) in [4.78, 5) is 0. The van der Waals surface area contributed by atoms with Gasteiger partial charge in [-0.15, -0.1) is 11.8 Å². The largest absolute Gasteiger partial charge is 0.384 e. The van der Waals surface area contributed by atoms with Crippen LogP contribution in [0.2, 0.25) is 5.02 Å². The van der Waals surface area contributed by atoms with Gasteiger partial charge < -0.3 is 11.1 Å². The summed E-state index contributed by atoms with van der Waals surface area (Å²) >= 11 is 7.73. The molecule has 3 N–H and O–H groups in total. The normalized spacial score (nSPS) is 18.0. The number of nitriles is 2. The van der Waals surface area contributed by atoms with Crippen molar-refractivity contribution >= 4 is 23.4 Å². The fourth-order valence-corrected chi connectivity index (χ4v) is 3.24. The standard InChI is InChI=1S/C15H13ClN4S/c1-2-21-15-11(8-18)13(10(7-17)14(19)20-15)9-5-3-4-6-12(9)16/h3-6,13,20H,2,19H2,1H3. The maximum absolute atomic E-state index is 9.53. The minimum absolute atomic E-state index is 0.275. The van der Waals surface area contributed by atoms with E-state index in [9.17, 15) is 10.5 Å². The molecule has 0 fully saturated rings. The van der Waals surface area contributed by atoms with Gasteiger partial charge in [0.2, 0.25) is 0 Å². The second-order valence-electron chi connectivity index (χ2n) is 4.31. The van der Waals surface area contributed by atoms with Gasteiger partial charge in [0.25, 0.3) is 0 Å². The third kappa shape index (κ3) is 2.85. The number of halogens is 1. The first kappa shape index (κ1) is 15.3. The zero-order valence-electron chi connectivity index (χ0n) is 11.4. The van der Waals surface area contributed by atoms with E-state index in [1.807, 2.05) is 25.1 Å². The minimum Gasteiger partial charge on any atom is -0.384 e. The highest BCUT2D eigenvalue weighted by Crippen LogP contribution is 2.41. The van der Waals surface area contributed by atoms with Crippen LogP contribution in [0.1, 0.15) is 18.4 Å². The maximum atomic E-state index is 9.53. The second kappa shape index (κ2) is 6.58. The zero-order chi connectivity index (χ0) is 15.4. The van der Waals surface area contributed by atoms with Crippen LogP contribution in [0, 0.1) is 22.7 Å². The Morgan fingerprint density at radius 2 is 1.95 bits per heavy atom. The molecule has 0 amide bonds. The van der Waals surface area contributed by atoms with E-state index in [-0.39, 0.29) is 5.82 Å². The Balaban J connectivity index is 2.66. The van der Waals surface area contributed by atoms with Crippen molar-refractivity contribution in [2.75, 3.05) is 5.75 Å². The monoisotopic (exact) mass is 316 g/mol. The van der Waals surface area contributed by atoms with Gasteiger partial charge in [-0.25, -0.2) is 0 Å². The lowest BCUT2D eigenvalue weighted by Gasteiger charge is -2.27. The molecule has 1 aromatic rings. The first-order chi connectivity index (χ1) is 10.1. The molecule has 1 aliphatic rings. The Morgan fingerprint density at radius 1 is 1.29 bits per heavy atom. The SMILES string of the molecule is CCSC1=C(C#N)C(c2ccccc2Cl)C(C#N)=C(N)N1. The van der Waals surface area contributed by atoms with Crippen LogP contribution in [0.5, 0.6) is 0 Å². The minimum atomic E-state index is -0.524. The van der Waals surface area contributed by atoms with E-state index >= 15 is 0 Å². The van der Waals surface area contributed by atoms with Crippen molar-refractivity contribution in [1.29, 1.82) is 10.5 Å². The number of nitrogens with zero attached hydrogens (tertiary/aromatic N) is 2. The van der Waals surface area contributed by atoms with Crippen LogP contribution < -0.4 is 11.1 Å². The van der Waals surface area contributed by atoms with Crippen LogP contribution in [-0.2, 0) is 0 Å². The third-order valence-corrected chi connectivity index (χ3v) is 4.35. The van der Waals surface area contributed by atoms with Crippen LogP contribution in [0.15, 0.2) is 46.3 Å². The molecule has 6 heteroatoms. The average molecular weight is 317 g/mol. The van der Waals surface area contributed by atoms with E-state index in [0.29, 0.717) is 26.8 Å². The van der Waals surface area contributed by atoms with E-state index in [1.165, 1.54) is 11.8 Å². The van der Waals surface area contributed by atoms with Gasteiger partial charge in [0, 0.05) is 5.02 Å². The summed E-state index contributed by atoms with van der Waals surface area (Å²) in [5, 5.41) is 23.1. The highest BCUT2D eigenvalue weighted by atomic mass is 35.5. The van der Waals surface area contributed by atoms with Crippen LogP contribution >= 0.6 is 23.4 Å². The lowest BCUT2D eigenvalue weighted by atomic mass is 9.84. The summed E-state index contributed by atoms with van der Waals surface area (Å²) in [6.07, 6.45) is 0. The Hall–Kier alpha value is -2.08. The molecule has 2 rings (SSSR count). The van der Waals surface area contributed by atoms with E-state index < -0.39 is 5.92 Å². The number of nitrogens with one attached hydrogen (secondary N) is 1. The van der Waals surface area contributed by atoms with Gasteiger partial charge in [0.05, 0.1) is 34.2 Å². The van der Waals surface area contributed by atoms with Crippen molar-refractivity contribution in [1.82, 2.24) is 5.32 Å². The molecular weight excluding hydrogens is 304 g/mol. The fraction of sp³-hybridized carbons (Fsp3) is 0.200. The number of allylic oxidation sites excluding steroid dienone is 2. The van der Waals surface area contributed by atoms with Crippen LogP contribution in [0.3, 0.4) is 0 Å². The lowest BCUT2D eigenvalue weighted by Crippen LogP contribution is -2.29. The molecule has 1 unspecified atom stereocenters. The topological polar surface area (TPSA) is 85.6 Å². The number of hydrogen-bond acceptors (Lipinski definition) is 5. The van der Waals surface area contributed by atoms with Crippen molar-refractivity contribution in [3.63, 3.8) is 0 Å². The summed E-state index contributed by atoms with van der Waals surface area (Å²) < 4.78 is 0. The van der Waals surface area contributed by atoms with Crippen LogP contribution in [0.4, 0.5) is 0 Å². The summed E-state index contributed by atoms with van der Waals surface area (Å²) in [5.74, 6) is 0.541. The van der Waals surface area contributed by atoms with Crippen molar-refractivity contribution in [2.24, 2.45) is 5.73 Å². The van der Waals surface area contributed by atoms with Gasteiger partial charge in [-0.3, -0.25) is 0 Å². The number of nitrogens with two attached hydrogens (primary N) is 1. The second-order valence-corrected chi connectivity index (χ2v) is 5.99. The third-order valence-electron chi connectivity index (χ3n) is 3.11. The van der Waals surface area contributed by atoms with Crippen molar-refractivity contribution in [3.8, 4) is 12.1 Å². The number of hydrogen-bond donors (Lipinski definition) is 2. The van der Waals surface area contributed by atoms with E-state index in [4.69, 9.17) is 17.3 Å². The van der Waals surface area contributed by atoms with Gasteiger partial charge in [0.1, 0.15) is 5.82 Å².